The molecule has 0 radical (unpaired) electrons. The van der Waals surface area contributed by atoms with Gasteiger partial charge < -0.3 is 4.90 Å². The van der Waals surface area contributed by atoms with Crippen molar-refractivity contribution >= 4 is 26.5 Å². The molecule has 1 aliphatic heterocycles. The number of thiazole rings is 1. The second-order valence-electron chi connectivity index (χ2n) is 6.75. The molecule has 29 heavy (non-hydrogen) atoms. The van der Waals surface area contributed by atoms with Crippen molar-refractivity contribution in [1.82, 2.24) is 9.29 Å². The Morgan fingerprint density at radius 3 is 2.41 bits per heavy atom. The van der Waals surface area contributed by atoms with Crippen LogP contribution in [0.15, 0.2) is 58.8 Å². The van der Waals surface area contributed by atoms with E-state index in [2.05, 4.69) is 17.1 Å². The van der Waals surface area contributed by atoms with Crippen molar-refractivity contribution in [3.63, 3.8) is 0 Å². The average Bonchev–Trinajstić information content (AvgIpc) is 3.17. The fourth-order valence-corrected chi connectivity index (χ4v) is 5.62. The van der Waals surface area contributed by atoms with Gasteiger partial charge in [-0.25, -0.2) is 22.2 Å². The molecule has 0 unspecified atom stereocenters. The smallest absolute Gasteiger partial charge is 0.246 e. The number of anilines is 1. The normalized spacial score (nSPS) is 15.6. The Balaban J connectivity index is 1.42. The molecule has 4 rings (SSSR count). The van der Waals surface area contributed by atoms with Crippen LogP contribution in [0.3, 0.4) is 0 Å². The molecule has 0 aliphatic carbocycles. The van der Waals surface area contributed by atoms with Gasteiger partial charge in [-0.3, -0.25) is 0 Å². The quantitative estimate of drug-likeness (QED) is 0.615. The van der Waals surface area contributed by atoms with Crippen molar-refractivity contribution in [3.05, 3.63) is 76.8 Å². The number of benzene rings is 2. The number of sulfonamides is 1. The van der Waals surface area contributed by atoms with Gasteiger partial charge in [0, 0.05) is 44.0 Å². The number of nitrogens with zero attached hydrogens (tertiary/aromatic N) is 3. The molecule has 0 amide bonds. The summed E-state index contributed by atoms with van der Waals surface area (Å²) in [7, 11) is -4.00. The molecule has 0 spiro atoms. The van der Waals surface area contributed by atoms with Crippen molar-refractivity contribution in [2.45, 2.75) is 11.3 Å². The Morgan fingerprint density at radius 1 is 1.00 bits per heavy atom. The van der Waals surface area contributed by atoms with Crippen LogP contribution in [-0.2, 0) is 16.4 Å². The van der Waals surface area contributed by atoms with E-state index in [1.165, 1.54) is 21.2 Å². The van der Waals surface area contributed by atoms with E-state index in [1.807, 2.05) is 28.5 Å². The fourth-order valence-electron chi connectivity index (χ4n) is 3.27. The summed E-state index contributed by atoms with van der Waals surface area (Å²) >= 11 is 1.53. The van der Waals surface area contributed by atoms with Crippen LogP contribution in [0.25, 0.3) is 0 Å². The lowest BCUT2D eigenvalue weighted by molar-refractivity contribution is 0.382. The second-order valence-corrected chi connectivity index (χ2v) is 9.49. The summed E-state index contributed by atoms with van der Waals surface area (Å²) in [4.78, 5) is 6.21. The van der Waals surface area contributed by atoms with Crippen LogP contribution in [0.1, 0.15) is 11.3 Å². The zero-order valence-electron chi connectivity index (χ0n) is 15.5. The maximum atomic E-state index is 14.0. The van der Waals surface area contributed by atoms with Crippen LogP contribution in [0.4, 0.5) is 13.9 Å². The van der Waals surface area contributed by atoms with E-state index in [1.54, 1.807) is 0 Å². The van der Waals surface area contributed by atoms with E-state index >= 15 is 0 Å². The number of rotatable bonds is 5. The van der Waals surface area contributed by atoms with Crippen LogP contribution in [-0.4, -0.2) is 43.9 Å². The lowest BCUT2D eigenvalue weighted by atomic mass is 10.1. The molecular formula is C20H19F2N3O2S2. The van der Waals surface area contributed by atoms with Crippen LogP contribution in [0, 0.1) is 11.6 Å². The van der Waals surface area contributed by atoms with Gasteiger partial charge in [-0.2, -0.15) is 4.31 Å². The molecule has 9 heteroatoms. The van der Waals surface area contributed by atoms with Gasteiger partial charge in [-0.1, -0.05) is 30.3 Å². The molecule has 1 saturated heterocycles. The van der Waals surface area contributed by atoms with Gasteiger partial charge in [-0.05, 0) is 17.7 Å². The van der Waals surface area contributed by atoms with Gasteiger partial charge in [0.15, 0.2) is 5.13 Å². The van der Waals surface area contributed by atoms with E-state index in [0.29, 0.717) is 19.2 Å². The first-order valence-corrected chi connectivity index (χ1v) is 11.4. The largest absolute Gasteiger partial charge is 0.345 e. The first-order valence-electron chi connectivity index (χ1n) is 9.12. The Hall–Kier alpha value is -2.36. The number of halogens is 2. The van der Waals surface area contributed by atoms with Gasteiger partial charge >= 0.3 is 0 Å². The zero-order valence-corrected chi connectivity index (χ0v) is 17.1. The SMILES string of the molecule is O=S(=O)(c1ccc(F)cc1F)N1CCN(c2nc(Cc3ccccc3)cs2)CC1. The van der Waals surface area contributed by atoms with Gasteiger partial charge in [0.05, 0.1) is 5.69 Å². The van der Waals surface area contributed by atoms with Crippen LogP contribution < -0.4 is 4.90 Å². The first-order chi connectivity index (χ1) is 13.9. The standard InChI is InChI=1S/C20H19F2N3O2S2/c21-16-6-7-19(18(22)13-16)29(26,27)25-10-8-24(9-11-25)20-23-17(14-28-20)12-15-4-2-1-3-5-15/h1-7,13-14H,8-12H2. The maximum Gasteiger partial charge on any atom is 0.246 e. The predicted octanol–water partition coefficient (Wildman–Crippen LogP) is 3.52. The van der Waals surface area contributed by atoms with E-state index in [0.717, 1.165) is 29.4 Å². The highest BCUT2D eigenvalue weighted by atomic mass is 32.2. The molecule has 1 aliphatic rings. The fraction of sp³-hybridized carbons (Fsp3) is 0.250. The molecule has 2 aromatic carbocycles. The van der Waals surface area contributed by atoms with Crippen molar-refractivity contribution in [1.29, 1.82) is 0 Å². The molecule has 0 N–H and O–H groups in total. The van der Waals surface area contributed by atoms with Gasteiger partial charge in [-0.15, -0.1) is 11.3 Å². The highest BCUT2D eigenvalue weighted by molar-refractivity contribution is 7.89. The summed E-state index contributed by atoms with van der Waals surface area (Å²) in [6.07, 6.45) is 0.746. The minimum Gasteiger partial charge on any atom is -0.345 e. The summed E-state index contributed by atoms with van der Waals surface area (Å²) in [6.45, 7) is 1.35. The number of aromatic nitrogens is 1. The molecule has 1 fully saturated rings. The van der Waals surface area contributed by atoms with Crippen molar-refractivity contribution in [2.75, 3.05) is 31.1 Å². The Bertz CT molecular complexity index is 1100. The van der Waals surface area contributed by atoms with Gasteiger partial charge in [0.25, 0.3) is 0 Å². The summed E-state index contributed by atoms with van der Waals surface area (Å²) in [5.74, 6) is -1.88. The van der Waals surface area contributed by atoms with Crippen molar-refractivity contribution < 1.29 is 17.2 Å². The van der Waals surface area contributed by atoms with Gasteiger partial charge in [0.2, 0.25) is 10.0 Å². The van der Waals surface area contributed by atoms with Gasteiger partial charge in [0.1, 0.15) is 16.5 Å². The maximum absolute atomic E-state index is 14.0. The molecule has 3 aromatic rings. The highest BCUT2D eigenvalue weighted by Crippen LogP contribution is 2.26. The molecule has 2 heterocycles. The second kappa shape index (κ2) is 8.17. The molecule has 152 valence electrons. The molecule has 0 bridgehead atoms. The number of piperazine rings is 1. The molecular weight excluding hydrogens is 416 g/mol. The minimum absolute atomic E-state index is 0.215. The Labute approximate surface area is 172 Å². The van der Waals surface area contributed by atoms with E-state index in [4.69, 9.17) is 0 Å². The predicted molar refractivity (Wildman–Crippen MR) is 109 cm³/mol. The average molecular weight is 436 g/mol. The zero-order chi connectivity index (χ0) is 20.4. The third-order valence-electron chi connectivity index (χ3n) is 4.79. The Morgan fingerprint density at radius 2 is 1.72 bits per heavy atom. The monoisotopic (exact) mass is 435 g/mol. The summed E-state index contributed by atoms with van der Waals surface area (Å²) < 4.78 is 53.7. The molecule has 5 nitrogen and oxygen atoms in total. The lowest BCUT2D eigenvalue weighted by Gasteiger charge is -2.33. The van der Waals surface area contributed by atoms with E-state index in [-0.39, 0.29) is 13.1 Å². The van der Waals surface area contributed by atoms with Crippen molar-refractivity contribution in [3.8, 4) is 0 Å². The molecule has 0 saturated carbocycles. The van der Waals surface area contributed by atoms with Crippen LogP contribution in [0.5, 0.6) is 0 Å². The summed E-state index contributed by atoms with van der Waals surface area (Å²) in [5.41, 5.74) is 2.15. The van der Waals surface area contributed by atoms with Crippen molar-refractivity contribution in [2.24, 2.45) is 0 Å². The summed E-state index contributed by atoms with van der Waals surface area (Å²) in [6, 6.07) is 12.6. The summed E-state index contributed by atoms with van der Waals surface area (Å²) in [5, 5.41) is 2.86. The minimum atomic E-state index is -4.00. The first kappa shape index (κ1) is 19.9. The lowest BCUT2D eigenvalue weighted by Crippen LogP contribution is -2.48. The number of hydrogen-bond donors (Lipinski definition) is 0. The van der Waals surface area contributed by atoms with Crippen LogP contribution >= 0.6 is 11.3 Å². The topological polar surface area (TPSA) is 53.5 Å². The molecule has 0 atom stereocenters. The number of hydrogen-bond acceptors (Lipinski definition) is 5. The highest BCUT2D eigenvalue weighted by Gasteiger charge is 2.31. The third kappa shape index (κ3) is 4.31. The van der Waals surface area contributed by atoms with Crippen LogP contribution in [0.2, 0.25) is 0 Å². The molecule has 1 aromatic heterocycles. The van der Waals surface area contributed by atoms with E-state index < -0.39 is 26.6 Å². The third-order valence-corrected chi connectivity index (χ3v) is 7.67. The van der Waals surface area contributed by atoms with E-state index in [9.17, 15) is 17.2 Å². The Kier molecular flexibility index (Phi) is 5.62.